The lowest BCUT2D eigenvalue weighted by Crippen LogP contribution is -2.45. The largest absolute Gasteiger partial charge is 0.466 e. The third-order valence-corrected chi connectivity index (χ3v) is 18.4. The third-order valence-electron chi connectivity index (χ3n) is 18.4. The molecule has 1 amide bonds. The Kier molecular flexibility index (Phi) is 71.3. The molecule has 0 aromatic heterocycles. The van der Waals surface area contributed by atoms with Crippen molar-refractivity contribution in [2.24, 2.45) is 0 Å². The van der Waals surface area contributed by atoms with Crippen LogP contribution in [0.15, 0.2) is 0 Å². The fourth-order valence-corrected chi connectivity index (χ4v) is 12.6. The summed E-state index contributed by atoms with van der Waals surface area (Å²) in [7, 11) is 0. The summed E-state index contributed by atoms with van der Waals surface area (Å²) in [6.07, 6.45) is 89.0. The second-order valence-corrected chi connectivity index (χ2v) is 26.7. The fraction of sp³-hybridized carbons (Fsp3) is 0.974. The van der Waals surface area contributed by atoms with Gasteiger partial charge in [0.1, 0.15) is 0 Å². The molecule has 0 aliphatic rings. The van der Waals surface area contributed by atoms with Crippen molar-refractivity contribution in [1.29, 1.82) is 0 Å². The maximum atomic E-state index is 12.5. The highest BCUT2D eigenvalue weighted by molar-refractivity contribution is 5.76. The number of carbonyl (C=O) groups is 2. The molecule has 6 heteroatoms. The number of rotatable bonds is 73. The van der Waals surface area contributed by atoms with Crippen molar-refractivity contribution in [3.63, 3.8) is 0 Å². The number of carbonyl (C=O) groups excluding carboxylic acids is 2. The quantitative estimate of drug-likeness (QED) is 0.0417. The average Bonchev–Trinajstić information content (AvgIpc) is 3.48. The SMILES string of the molecule is CCCCCCCCCCCCCCCCCCCCCC(O)C(CO)NC(=O)CCCCCCCCCCCCCCCCCCCCCCCCCCCCCCCCCCCOC(=O)CCCCCCCCCCCCCCC. The number of esters is 1. The standard InChI is InChI=1S/C76H151NO5/c1-3-5-7-9-11-13-15-17-18-19-35-38-41-45-48-52-56-60-64-68-74(79)73(72-78)77-75(80)69-65-61-57-53-49-46-42-39-36-33-31-29-27-25-23-21-20-22-24-26-28-30-32-34-37-40-43-47-51-55-59-63-67-71-82-76(81)70-66-62-58-54-50-44-16-14-12-10-8-6-4-2/h73-74,78-79H,3-72H2,1-2H3,(H,77,80). The van der Waals surface area contributed by atoms with Gasteiger partial charge in [-0.25, -0.2) is 0 Å². The molecule has 0 spiro atoms. The van der Waals surface area contributed by atoms with Gasteiger partial charge in [-0.15, -0.1) is 0 Å². The molecule has 0 bridgehead atoms. The molecule has 0 rings (SSSR count). The van der Waals surface area contributed by atoms with Crippen LogP contribution in [-0.4, -0.2) is 47.4 Å². The van der Waals surface area contributed by atoms with E-state index in [0.29, 0.717) is 25.9 Å². The summed E-state index contributed by atoms with van der Waals surface area (Å²) in [4.78, 5) is 24.6. The van der Waals surface area contributed by atoms with Gasteiger partial charge in [0, 0.05) is 12.8 Å². The van der Waals surface area contributed by atoms with Gasteiger partial charge < -0.3 is 20.3 Å². The van der Waals surface area contributed by atoms with Gasteiger partial charge in [0.05, 0.1) is 25.4 Å². The van der Waals surface area contributed by atoms with Crippen LogP contribution >= 0.6 is 0 Å². The van der Waals surface area contributed by atoms with Crippen molar-refractivity contribution in [3.8, 4) is 0 Å². The van der Waals surface area contributed by atoms with Gasteiger partial charge in [0.15, 0.2) is 0 Å². The molecular weight excluding hydrogens is 1010 g/mol. The van der Waals surface area contributed by atoms with Gasteiger partial charge >= 0.3 is 5.97 Å². The molecule has 0 aliphatic heterocycles. The zero-order valence-electron chi connectivity index (χ0n) is 56.3. The first-order chi connectivity index (χ1) is 40.5. The molecule has 2 atom stereocenters. The van der Waals surface area contributed by atoms with Gasteiger partial charge in [-0.3, -0.25) is 9.59 Å². The zero-order chi connectivity index (χ0) is 59.2. The van der Waals surface area contributed by atoms with Crippen LogP contribution in [-0.2, 0) is 14.3 Å². The van der Waals surface area contributed by atoms with Crippen LogP contribution in [0, 0.1) is 0 Å². The number of aliphatic hydroxyl groups is 2. The maximum absolute atomic E-state index is 12.5. The van der Waals surface area contributed by atoms with Crippen LogP contribution in [0.3, 0.4) is 0 Å². The van der Waals surface area contributed by atoms with E-state index in [1.165, 1.54) is 379 Å². The molecule has 0 fully saturated rings. The monoisotopic (exact) mass is 1160 g/mol. The summed E-state index contributed by atoms with van der Waals surface area (Å²) in [5.74, 6) is -0.000141. The summed E-state index contributed by atoms with van der Waals surface area (Å²) in [5.41, 5.74) is 0. The minimum atomic E-state index is -0.660. The van der Waals surface area contributed by atoms with Gasteiger partial charge in [-0.05, 0) is 25.7 Å². The van der Waals surface area contributed by atoms with Crippen molar-refractivity contribution in [3.05, 3.63) is 0 Å². The van der Waals surface area contributed by atoms with E-state index in [1.807, 2.05) is 0 Å². The molecule has 0 saturated heterocycles. The first kappa shape index (κ1) is 80.9. The Bertz CT molecular complexity index is 1200. The second-order valence-electron chi connectivity index (χ2n) is 26.7. The van der Waals surface area contributed by atoms with Gasteiger partial charge in [0.25, 0.3) is 0 Å². The fourth-order valence-electron chi connectivity index (χ4n) is 12.6. The number of aliphatic hydroxyl groups excluding tert-OH is 2. The van der Waals surface area contributed by atoms with E-state index in [-0.39, 0.29) is 18.5 Å². The van der Waals surface area contributed by atoms with Crippen LogP contribution in [0.25, 0.3) is 0 Å². The Hall–Kier alpha value is -1.14. The molecule has 0 aliphatic carbocycles. The Morgan fingerprint density at radius 1 is 0.293 bits per heavy atom. The molecule has 0 aromatic carbocycles. The summed E-state index contributed by atoms with van der Waals surface area (Å²) in [6.45, 7) is 5.01. The Balaban J connectivity index is 3.31. The molecule has 0 radical (unpaired) electrons. The van der Waals surface area contributed by atoms with Crippen LogP contribution < -0.4 is 5.32 Å². The lowest BCUT2D eigenvalue weighted by atomic mass is 10.0. The Morgan fingerprint density at radius 3 is 0.744 bits per heavy atom. The van der Waals surface area contributed by atoms with E-state index < -0.39 is 12.1 Å². The average molecular weight is 1160 g/mol. The highest BCUT2D eigenvalue weighted by atomic mass is 16.5. The second kappa shape index (κ2) is 72.3. The smallest absolute Gasteiger partial charge is 0.305 e. The first-order valence-corrected chi connectivity index (χ1v) is 38.3. The van der Waals surface area contributed by atoms with E-state index in [2.05, 4.69) is 19.2 Å². The zero-order valence-corrected chi connectivity index (χ0v) is 56.3. The third kappa shape index (κ3) is 68.0. The molecule has 6 nitrogen and oxygen atoms in total. The predicted molar refractivity (Wildman–Crippen MR) is 361 cm³/mol. The van der Waals surface area contributed by atoms with Crippen LogP contribution in [0.4, 0.5) is 0 Å². The number of hydrogen-bond acceptors (Lipinski definition) is 5. The Labute approximate surface area is 515 Å². The summed E-state index contributed by atoms with van der Waals surface area (Å²) < 4.78 is 5.50. The van der Waals surface area contributed by atoms with Crippen LogP contribution in [0.5, 0.6) is 0 Å². The van der Waals surface area contributed by atoms with E-state index in [9.17, 15) is 19.8 Å². The first-order valence-electron chi connectivity index (χ1n) is 38.3. The van der Waals surface area contributed by atoms with Crippen molar-refractivity contribution < 1.29 is 24.5 Å². The molecule has 490 valence electrons. The van der Waals surface area contributed by atoms with E-state index >= 15 is 0 Å². The van der Waals surface area contributed by atoms with Crippen molar-refractivity contribution >= 4 is 11.9 Å². The van der Waals surface area contributed by atoms with Crippen LogP contribution in [0.1, 0.15) is 450 Å². The summed E-state index contributed by atoms with van der Waals surface area (Å²) in [6, 6.07) is -0.537. The molecule has 0 saturated carbocycles. The van der Waals surface area contributed by atoms with Crippen molar-refractivity contribution in [2.45, 2.75) is 463 Å². The minimum Gasteiger partial charge on any atom is -0.466 e. The number of nitrogens with one attached hydrogen (secondary N) is 1. The lowest BCUT2D eigenvalue weighted by molar-refractivity contribution is -0.143. The normalized spacial score (nSPS) is 12.4. The number of unbranched alkanes of at least 4 members (excludes halogenated alkanes) is 62. The number of ether oxygens (including phenoxy) is 1. The van der Waals surface area contributed by atoms with Gasteiger partial charge in [0.2, 0.25) is 5.91 Å². The number of amides is 1. The molecular formula is C76H151NO5. The van der Waals surface area contributed by atoms with Gasteiger partial charge in [-0.2, -0.15) is 0 Å². The lowest BCUT2D eigenvalue weighted by Gasteiger charge is -2.22. The van der Waals surface area contributed by atoms with Crippen molar-refractivity contribution in [2.75, 3.05) is 13.2 Å². The molecule has 3 N–H and O–H groups in total. The maximum Gasteiger partial charge on any atom is 0.305 e. The van der Waals surface area contributed by atoms with E-state index in [0.717, 1.165) is 38.5 Å². The summed E-state index contributed by atoms with van der Waals surface area (Å²) in [5, 5.41) is 23.4. The topological polar surface area (TPSA) is 95.9 Å². The molecule has 0 heterocycles. The van der Waals surface area contributed by atoms with Crippen molar-refractivity contribution in [1.82, 2.24) is 5.32 Å². The summed E-state index contributed by atoms with van der Waals surface area (Å²) >= 11 is 0. The van der Waals surface area contributed by atoms with Gasteiger partial charge in [-0.1, -0.05) is 412 Å². The molecule has 0 aromatic rings. The molecule has 2 unspecified atom stereocenters. The molecule has 82 heavy (non-hydrogen) atoms. The number of hydrogen-bond donors (Lipinski definition) is 3. The highest BCUT2D eigenvalue weighted by Gasteiger charge is 2.20. The predicted octanol–water partition coefficient (Wildman–Crippen LogP) is 24.9. The van der Waals surface area contributed by atoms with E-state index in [4.69, 9.17) is 4.74 Å². The Morgan fingerprint density at radius 2 is 0.500 bits per heavy atom. The highest BCUT2D eigenvalue weighted by Crippen LogP contribution is 2.20. The van der Waals surface area contributed by atoms with Crippen LogP contribution in [0.2, 0.25) is 0 Å². The minimum absolute atomic E-state index is 0.0246. The van der Waals surface area contributed by atoms with E-state index in [1.54, 1.807) is 0 Å².